The molecule has 0 unspecified atom stereocenters. The lowest BCUT2D eigenvalue weighted by atomic mass is 9.84. The van der Waals surface area contributed by atoms with Gasteiger partial charge in [0.05, 0.1) is 5.75 Å². The van der Waals surface area contributed by atoms with Gasteiger partial charge in [-0.3, -0.25) is 0 Å². The van der Waals surface area contributed by atoms with Crippen LogP contribution in [-0.2, 0) is 9.84 Å². The van der Waals surface area contributed by atoms with Crippen molar-refractivity contribution in [3.05, 3.63) is 0 Å². The van der Waals surface area contributed by atoms with Crippen LogP contribution in [0, 0.1) is 5.92 Å². The van der Waals surface area contributed by atoms with E-state index in [9.17, 15) is 13.2 Å². The molecule has 2 amide bonds. The Morgan fingerprint density at radius 3 is 2.60 bits per heavy atom. The average molecular weight is 304 g/mol. The van der Waals surface area contributed by atoms with Crippen molar-refractivity contribution in [3.63, 3.8) is 0 Å². The summed E-state index contributed by atoms with van der Waals surface area (Å²) in [7, 11) is -1.41. The maximum atomic E-state index is 12.2. The van der Waals surface area contributed by atoms with E-state index in [0.29, 0.717) is 5.92 Å². The molecule has 118 valence electrons. The molecule has 1 aliphatic carbocycles. The highest BCUT2D eigenvalue weighted by molar-refractivity contribution is 7.90. The summed E-state index contributed by atoms with van der Waals surface area (Å²) in [5, 5.41) is 3.04. The SMILES string of the molecule is CC[C@@H]1CCC[C@H](NC(=O)N(C)[C@H](C)CS(C)(=O)=O)C1. The van der Waals surface area contributed by atoms with Crippen LogP contribution in [0.4, 0.5) is 4.79 Å². The topological polar surface area (TPSA) is 66.5 Å². The predicted molar refractivity (Wildman–Crippen MR) is 81.5 cm³/mol. The first kappa shape index (κ1) is 17.3. The molecule has 1 rings (SSSR count). The summed E-state index contributed by atoms with van der Waals surface area (Å²) in [6.07, 6.45) is 6.83. The minimum Gasteiger partial charge on any atom is -0.335 e. The average Bonchev–Trinajstić information content (AvgIpc) is 2.36. The summed E-state index contributed by atoms with van der Waals surface area (Å²) in [5.74, 6) is 0.701. The van der Waals surface area contributed by atoms with Gasteiger partial charge in [0.15, 0.2) is 0 Å². The van der Waals surface area contributed by atoms with Gasteiger partial charge in [0.25, 0.3) is 0 Å². The van der Waals surface area contributed by atoms with Crippen molar-refractivity contribution in [1.29, 1.82) is 0 Å². The number of hydrogen-bond donors (Lipinski definition) is 1. The van der Waals surface area contributed by atoms with Crippen molar-refractivity contribution >= 4 is 15.9 Å². The third-order valence-electron chi connectivity index (χ3n) is 4.21. The van der Waals surface area contributed by atoms with Gasteiger partial charge in [0, 0.05) is 25.4 Å². The van der Waals surface area contributed by atoms with E-state index in [1.807, 2.05) is 0 Å². The van der Waals surface area contributed by atoms with Gasteiger partial charge in [-0.15, -0.1) is 0 Å². The Morgan fingerprint density at radius 1 is 1.40 bits per heavy atom. The van der Waals surface area contributed by atoms with Gasteiger partial charge < -0.3 is 10.2 Å². The Bertz CT molecular complexity index is 422. The lowest BCUT2D eigenvalue weighted by molar-refractivity contribution is 0.185. The first-order valence-electron chi connectivity index (χ1n) is 7.44. The highest BCUT2D eigenvalue weighted by Crippen LogP contribution is 2.26. The zero-order valence-electron chi connectivity index (χ0n) is 13.1. The van der Waals surface area contributed by atoms with Crippen LogP contribution in [-0.4, -0.2) is 50.5 Å². The molecule has 5 nitrogen and oxygen atoms in total. The fourth-order valence-electron chi connectivity index (χ4n) is 2.82. The molecule has 20 heavy (non-hydrogen) atoms. The van der Waals surface area contributed by atoms with Crippen LogP contribution in [0.5, 0.6) is 0 Å². The number of carbonyl (C=O) groups excluding carboxylic acids is 1. The molecule has 0 aromatic carbocycles. The van der Waals surface area contributed by atoms with Crippen molar-refractivity contribution in [1.82, 2.24) is 10.2 Å². The third-order valence-corrected chi connectivity index (χ3v) is 5.30. The number of hydrogen-bond acceptors (Lipinski definition) is 3. The lowest BCUT2D eigenvalue weighted by Crippen LogP contribution is -2.49. The van der Waals surface area contributed by atoms with Crippen LogP contribution >= 0.6 is 0 Å². The van der Waals surface area contributed by atoms with E-state index in [1.54, 1.807) is 14.0 Å². The van der Waals surface area contributed by atoms with Gasteiger partial charge in [0.1, 0.15) is 9.84 Å². The number of urea groups is 1. The summed E-state index contributed by atoms with van der Waals surface area (Å²) >= 11 is 0. The van der Waals surface area contributed by atoms with E-state index < -0.39 is 9.84 Å². The summed E-state index contributed by atoms with van der Waals surface area (Å²) in [5.41, 5.74) is 0. The van der Waals surface area contributed by atoms with E-state index >= 15 is 0 Å². The van der Waals surface area contributed by atoms with Crippen LogP contribution in [0.25, 0.3) is 0 Å². The smallest absolute Gasteiger partial charge is 0.317 e. The van der Waals surface area contributed by atoms with E-state index in [1.165, 1.54) is 17.6 Å². The lowest BCUT2D eigenvalue weighted by Gasteiger charge is -2.32. The maximum absolute atomic E-state index is 12.2. The fourth-order valence-corrected chi connectivity index (χ4v) is 3.92. The van der Waals surface area contributed by atoms with Crippen molar-refractivity contribution < 1.29 is 13.2 Å². The predicted octanol–water partition coefficient (Wildman–Crippen LogP) is 2.03. The van der Waals surface area contributed by atoms with Crippen LogP contribution in [0.2, 0.25) is 0 Å². The normalized spacial score (nSPS) is 25.0. The molecule has 1 aliphatic rings. The molecule has 3 atom stereocenters. The van der Waals surface area contributed by atoms with Gasteiger partial charge in [-0.1, -0.05) is 26.2 Å². The number of carbonyl (C=O) groups is 1. The molecule has 0 aliphatic heterocycles. The Labute approximate surface area is 123 Å². The number of nitrogens with one attached hydrogen (secondary N) is 1. The van der Waals surface area contributed by atoms with Crippen molar-refractivity contribution in [2.24, 2.45) is 5.92 Å². The Kier molecular flexibility index (Phi) is 6.30. The van der Waals surface area contributed by atoms with Gasteiger partial charge in [0.2, 0.25) is 0 Å². The van der Waals surface area contributed by atoms with Crippen molar-refractivity contribution in [3.8, 4) is 0 Å². The minimum absolute atomic E-state index is 0.000822. The molecule has 0 heterocycles. The van der Waals surface area contributed by atoms with Crippen LogP contribution in [0.1, 0.15) is 46.0 Å². The standard InChI is InChI=1S/C14H28N2O3S/c1-5-12-7-6-8-13(9-12)15-14(17)16(3)11(2)10-20(4,18)19/h11-13H,5-10H2,1-4H3,(H,15,17)/t11-,12-,13+/m1/s1. The second-order valence-electron chi connectivity index (χ2n) is 6.14. The monoisotopic (exact) mass is 304 g/mol. The van der Waals surface area contributed by atoms with Crippen LogP contribution in [0.15, 0.2) is 0 Å². The van der Waals surface area contributed by atoms with Crippen molar-refractivity contribution in [2.75, 3.05) is 19.1 Å². The molecule has 0 aromatic heterocycles. The molecule has 6 heteroatoms. The molecular weight excluding hydrogens is 276 g/mol. The van der Waals surface area contributed by atoms with Crippen LogP contribution < -0.4 is 5.32 Å². The highest BCUT2D eigenvalue weighted by atomic mass is 32.2. The molecular formula is C14H28N2O3S. The Balaban J connectivity index is 2.48. The van der Waals surface area contributed by atoms with E-state index in [0.717, 1.165) is 25.7 Å². The summed E-state index contributed by atoms with van der Waals surface area (Å²) in [6.45, 7) is 3.95. The second kappa shape index (κ2) is 7.29. The number of nitrogens with zero attached hydrogens (tertiary/aromatic N) is 1. The molecule has 0 bridgehead atoms. The molecule has 0 saturated heterocycles. The molecule has 0 aromatic rings. The first-order valence-corrected chi connectivity index (χ1v) is 9.50. The van der Waals surface area contributed by atoms with Gasteiger partial charge in [-0.2, -0.15) is 0 Å². The van der Waals surface area contributed by atoms with Crippen LogP contribution in [0.3, 0.4) is 0 Å². The molecule has 1 N–H and O–H groups in total. The molecule has 0 spiro atoms. The minimum atomic E-state index is -3.07. The Hall–Kier alpha value is -0.780. The molecule has 1 saturated carbocycles. The van der Waals surface area contributed by atoms with Gasteiger partial charge >= 0.3 is 6.03 Å². The van der Waals surface area contributed by atoms with E-state index in [2.05, 4.69) is 12.2 Å². The number of sulfone groups is 1. The fraction of sp³-hybridized carbons (Fsp3) is 0.929. The molecule has 1 fully saturated rings. The number of rotatable bonds is 5. The third kappa shape index (κ3) is 5.69. The second-order valence-corrected chi connectivity index (χ2v) is 8.32. The van der Waals surface area contributed by atoms with Crippen molar-refractivity contribution in [2.45, 2.75) is 58.0 Å². The largest absolute Gasteiger partial charge is 0.335 e. The zero-order chi connectivity index (χ0) is 15.3. The number of amides is 2. The van der Waals surface area contributed by atoms with Gasteiger partial charge in [-0.05, 0) is 25.7 Å². The molecule has 0 radical (unpaired) electrons. The Morgan fingerprint density at radius 2 is 2.05 bits per heavy atom. The van der Waals surface area contributed by atoms with E-state index in [-0.39, 0.29) is 23.9 Å². The highest BCUT2D eigenvalue weighted by Gasteiger charge is 2.25. The van der Waals surface area contributed by atoms with Gasteiger partial charge in [-0.25, -0.2) is 13.2 Å². The summed E-state index contributed by atoms with van der Waals surface area (Å²) in [4.78, 5) is 13.7. The summed E-state index contributed by atoms with van der Waals surface area (Å²) in [6, 6.07) is -0.243. The van der Waals surface area contributed by atoms with E-state index in [4.69, 9.17) is 0 Å². The first-order chi connectivity index (χ1) is 9.23. The quantitative estimate of drug-likeness (QED) is 0.845. The zero-order valence-corrected chi connectivity index (χ0v) is 13.9. The summed E-state index contributed by atoms with van der Waals surface area (Å²) < 4.78 is 22.6. The maximum Gasteiger partial charge on any atom is 0.317 e.